The van der Waals surface area contributed by atoms with Crippen molar-refractivity contribution >= 4 is 0 Å². The predicted octanol–water partition coefficient (Wildman–Crippen LogP) is 2.94. The Labute approximate surface area is 111 Å². The minimum Gasteiger partial charge on any atom is -0.326 e. The second kappa shape index (κ2) is 5.02. The van der Waals surface area contributed by atoms with Crippen LogP contribution in [0, 0.1) is 12.3 Å². The van der Waals surface area contributed by atoms with E-state index in [1.807, 2.05) is 0 Å². The van der Waals surface area contributed by atoms with Gasteiger partial charge >= 0.3 is 0 Å². The maximum Gasteiger partial charge on any atom is 0.0253 e. The molecule has 18 heavy (non-hydrogen) atoms. The number of nitrogens with two attached hydrogens (primary N) is 1. The van der Waals surface area contributed by atoms with Gasteiger partial charge in [-0.1, -0.05) is 38.1 Å². The van der Waals surface area contributed by atoms with E-state index in [1.165, 1.54) is 24.0 Å². The van der Waals surface area contributed by atoms with E-state index < -0.39 is 0 Å². The fraction of sp³-hybridized carbons (Fsp3) is 0.625. The van der Waals surface area contributed by atoms with Crippen molar-refractivity contribution in [2.24, 2.45) is 11.1 Å². The van der Waals surface area contributed by atoms with Crippen molar-refractivity contribution in [3.8, 4) is 0 Å². The normalized spacial score (nSPS) is 26.8. The van der Waals surface area contributed by atoms with E-state index in [2.05, 4.69) is 57.0 Å². The standard InChI is InChI=1S/C16H26N2/c1-12-7-5-6-8-13(12)11-18(4)14-9-10-16(2,3)15(14)17/h5-8,14-15H,9-11,17H2,1-4H3. The van der Waals surface area contributed by atoms with Crippen LogP contribution in [0.5, 0.6) is 0 Å². The minimum atomic E-state index is 0.282. The molecular formula is C16H26N2. The lowest BCUT2D eigenvalue weighted by atomic mass is 9.87. The van der Waals surface area contributed by atoms with Crippen LogP contribution >= 0.6 is 0 Å². The van der Waals surface area contributed by atoms with E-state index in [0.29, 0.717) is 6.04 Å². The summed E-state index contributed by atoms with van der Waals surface area (Å²) in [5.74, 6) is 0. The van der Waals surface area contributed by atoms with Gasteiger partial charge in [0.05, 0.1) is 0 Å². The molecule has 1 fully saturated rings. The van der Waals surface area contributed by atoms with Crippen LogP contribution < -0.4 is 5.73 Å². The molecule has 2 N–H and O–H groups in total. The highest BCUT2D eigenvalue weighted by Crippen LogP contribution is 2.38. The van der Waals surface area contributed by atoms with Crippen LogP contribution in [0.1, 0.15) is 37.8 Å². The number of aryl methyl sites for hydroxylation is 1. The van der Waals surface area contributed by atoms with Gasteiger partial charge in [0, 0.05) is 18.6 Å². The molecule has 0 amide bonds. The number of hydrogen-bond acceptors (Lipinski definition) is 2. The third kappa shape index (κ3) is 2.60. The zero-order chi connectivity index (χ0) is 13.3. The maximum absolute atomic E-state index is 6.41. The highest BCUT2D eigenvalue weighted by atomic mass is 15.2. The molecule has 2 nitrogen and oxygen atoms in total. The highest BCUT2D eigenvalue weighted by molar-refractivity contribution is 5.25. The van der Waals surface area contributed by atoms with Gasteiger partial charge in [-0.15, -0.1) is 0 Å². The first kappa shape index (κ1) is 13.6. The molecule has 2 unspecified atom stereocenters. The molecule has 0 heterocycles. The van der Waals surface area contributed by atoms with E-state index in [4.69, 9.17) is 5.73 Å². The summed E-state index contributed by atoms with van der Waals surface area (Å²) in [6.45, 7) is 7.77. The largest absolute Gasteiger partial charge is 0.326 e. The summed E-state index contributed by atoms with van der Waals surface area (Å²) < 4.78 is 0. The summed E-state index contributed by atoms with van der Waals surface area (Å²) in [7, 11) is 2.21. The lowest BCUT2D eigenvalue weighted by Crippen LogP contribution is -2.47. The summed E-state index contributed by atoms with van der Waals surface area (Å²) in [6.07, 6.45) is 2.45. The van der Waals surface area contributed by atoms with Crippen molar-refractivity contribution in [1.29, 1.82) is 0 Å². The van der Waals surface area contributed by atoms with Crippen molar-refractivity contribution in [2.45, 2.75) is 52.2 Å². The van der Waals surface area contributed by atoms with Gasteiger partial charge in [0.2, 0.25) is 0 Å². The van der Waals surface area contributed by atoms with Crippen LogP contribution in [0.4, 0.5) is 0 Å². The average molecular weight is 246 g/mol. The molecule has 2 atom stereocenters. The quantitative estimate of drug-likeness (QED) is 0.888. The molecule has 2 rings (SSSR count). The van der Waals surface area contributed by atoms with Gasteiger partial charge in [-0.3, -0.25) is 4.90 Å². The fourth-order valence-electron chi connectivity index (χ4n) is 3.05. The van der Waals surface area contributed by atoms with Gasteiger partial charge in [-0.2, -0.15) is 0 Å². The predicted molar refractivity (Wildman–Crippen MR) is 77.4 cm³/mol. The molecule has 1 aliphatic rings. The first-order valence-corrected chi connectivity index (χ1v) is 6.92. The summed E-state index contributed by atoms with van der Waals surface area (Å²) >= 11 is 0. The number of benzene rings is 1. The molecule has 0 aliphatic heterocycles. The number of nitrogens with zero attached hydrogens (tertiary/aromatic N) is 1. The van der Waals surface area contributed by atoms with Gasteiger partial charge in [0.25, 0.3) is 0 Å². The molecule has 2 heteroatoms. The van der Waals surface area contributed by atoms with Crippen LogP contribution in [-0.4, -0.2) is 24.0 Å². The van der Waals surface area contributed by atoms with Crippen LogP contribution in [0.15, 0.2) is 24.3 Å². The number of hydrogen-bond donors (Lipinski definition) is 1. The van der Waals surface area contributed by atoms with Gasteiger partial charge < -0.3 is 5.73 Å². The Morgan fingerprint density at radius 3 is 2.56 bits per heavy atom. The van der Waals surface area contributed by atoms with Gasteiger partial charge in [-0.05, 0) is 43.4 Å². The Balaban J connectivity index is 2.05. The monoisotopic (exact) mass is 246 g/mol. The van der Waals surface area contributed by atoms with E-state index in [-0.39, 0.29) is 11.5 Å². The highest BCUT2D eigenvalue weighted by Gasteiger charge is 2.41. The third-order valence-electron chi connectivity index (χ3n) is 4.65. The Hall–Kier alpha value is -0.860. The van der Waals surface area contributed by atoms with Crippen molar-refractivity contribution < 1.29 is 0 Å². The molecule has 1 aromatic carbocycles. The SMILES string of the molecule is Cc1ccccc1CN(C)C1CCC(C)(C)C1N. The minimum absolute atomic E-state index is 0.282. The van der Waals surface area contributed by atoms with Crippen LogP contribution in [-0.2, 0) is 6.54 Å². The van der Waals surface area contributed by atoms with Gasteiger partial charge in [0.1, 0.15) is 0 Å². The summed E-state index contributed by atoms with van der Waals surface area (Å²) in [5.41, 5.74) is 9.47. The summed E-state index contributed by atoms with van der Waals surface area (Å²) in [4.78, 5) is 2.43. The maximum atomic E-state index is 6.41. The second-order valence-electron chi connectivity index (χ2n) is 6.46. The molecule has 1 saturated carbocycles. The smallest absolute Gasteiger partial charge is 0.0253 e. The van der Waals surface area contributed by atoms with Crippen molar-refractivity contribution in [3.05, 3.63) is 35.4 Å². The van der Waals surface area contributed by atoms with Crippen LogP contribution in [0.2, 0.25) is 0 Å². The molecule has 1 aliphatic carbocycles. The molecule has 100 valence electrons. The second-order valence-corrected chi connectivity index (χ2v) is 6.46. The number of likely N-dealkylation sites (N-methyl/N-ethyl adjacent to an activating group) is 1. The summed E-state index contributed by atoms with van der Waals surface area (Å²) in [6, 6.07) is 9.42. The third-order valence-corrected chi connectivity index (χ3v) is 4.65. The molecule has 0 spiro atoms. The Morgan fingerprint density at radius 1 is 1.33 bits per heavy atom. The molecule has 0 radical (unpaired) electrons. The Bertz CT molecular complexity index is 411. The Morgan fingerprint density at radius 2 is 2.00 bits per heavy atom. The van der Waals surface area contributed by atoms with Crippen molar-refractivity contribution in [2.75, 3.05) is 7.05 Å². The Kier molecular flexibility index (Phi) is 3.79. The molecule has 1 aromatic rings. The van der Waals surface area contributed by atoms with Crippen LogP contribution in [0.3, 0.4) is 0 Å². The number of rotatable bonds is 3. The molecule has 0 bridgehead atoms. The van der Waals surface area contributed by atoms with E-state index in [0.717, 1.165) is 6.54 Å². The van der Waals surface area contributed by atoms with E-state index in [9.17, 15) is 0 Å². The van der Waals surface area contributed by atoms with Gasteiger partial charge in [-0.25, -0.2) is 0 Å². The lowest BCUT2D eigenvalue weighted by molar-refractivity contribution is 0.191. The first-order valence-electron chi connectivity index (χ1n) is 6.92. The summed E-state index contributed by atoms with van der Waals surface area (Å²) in [5, 5.41) is 0. The average Bonchev–Trinajstić information content (AvgIpc) is 2.58. The van der Waals surface area contributed by atoms with E-state index >= 15 is 0 Å². The zero-order valence-corrected chi connectivity index (χ0v) is 12.1. The molecular weight excluding hydrogens is 220 g/mol. The van der Waals surface area contributed by atoms with E-state index in [1.54, 1.807) is 0 Å². The first-order chi connectivity index (χ1) is 8.42. The van der Waals surface area contributed by atoms with Crippen molar-refractivity contribution in [3.63, 3.8) is 0 Å². The van der Waals surface area contributed by atoms with Gasteiger partial charge in [0.15, 0.2) is 0 Å². The van der Waals surface area contributed by atoms with Crippen LogP contribution in [0.25, 0.3) is 0 Å². The topological polar surface area (TPSA) is 29.3 Å². The molecule has 0 saturated heterocycles. The van der Waals surface area contributed by atoms with Crippen molar-refractivity contribution in [1.82, 2.24) is 4.90 Å². The molecule has 0 aromatic heterocycles. The fourth-order valence-corrected chi connectivity index (χ4v) is 3.05. The zero-order valence-electron chi connectivity index (χ0n) is 12.1. The lowest BCUT2D eigenvalue weighted by Gasteiger charge is -2.32.